The van der Waals surface area contributed by atoms with Gasteiger partial charge in [0.25, 0.3) is 5.91 Å². The molecule has 0 aliphatic carbocycles. The second kappa shape index (κ2) is 10.2. The lowest BCUT2D eigenvalue weighted by molar-refractivity contribution is -0.137. The van der Waals surface area contributed by atoms with E-state index in [2.05, 4.69) is 35.0 Å². The fraction of sp³-hybridized carbons (Fsp3) is 0.241. The van der Waals surface area contributed by atoms with Crippen molar-refractivity contribution in [3.8, 4) is 11.3 Å². The van der Waals surface area contributed by atoms with E-state index < -0.39 is 11.7 Å². The van der Waals surface area contributed by atoms with Crippen LogP contribution in [0.3, 0.4) is 0 Å². The summed E-state index contributed by atoms with van der Waals surface area (Å²) in [6.07, 6.45) is -3.45. The number of benzene rings is 3. The average molecular weight is 568 g/mol. The quantitative estimate of drug-likeness (QED) is 0.261. The third-order valence-electron chi connectivity index (χ3n) is 6.76. The lowest BCUT2D eigenvalue weighted by atomic mass is 10.0. The standard InChI is InChI=1S/C29H25BrF3N3O/c1-2-19-6-8-20(9-7-19)27-18-25(24-17-22(30)10-11-26(24)34-27)28(37)36-14-12-35(13-15-36)23-5-3-4-21(16-23)29(31,32)33/h3-11,16-18H,2,12-15H2,1H3. The molecule has 190 valence electrons. The smallest absolute Gasteiger partial charge is 0.368 e. The molecule has 3 aromatic carbocycles. The Morgan fingerprint density at radius 3 is 2.35 bits per heavy atom. The highest BCUT2D eigenvalue weighted by Gasteiger charge is 2.31. The van der Waals surface area contributed by atoms with E-state index in [0.29, 0.717) is 37.4 Å². The molecule has 0 atom stereocenters. The topological polar surface area (TPSA) is 36.4 Å². The number of hydrogen-bond acceptors (Lipinski definition) is 3. The van der Waals surface area contributed by atoms with E-state index in [1.807, 2.05) is 41.3 Å². The first-order chi connectivity index (χ1) is 17.7. The normalized spacial score (nSPS) is 14.3. The Labute approximate surface area is 221 Å². The molecule has 8 heteroatoms. The average Bonchev–Trinajstić information content (AvgIpc) is 2.92. The first-order valence-corrected chi connectivity index (χ1v) is 12.9. The van der Waals surface area contributed by atoms with E-state index in [-0.39, 0.29) is 5.91 Å². The van der Waals surface area contributed by atoms with Gasteiger partial charge in [-0.3, -0.25) is 4.79 Å². The minimum Gasteiger partial charge on any atom is -0.368 e. The molecular weight excluding hydrogens is 543 g/mol. The predicted octanol–water partition coefficient (Wildman–Crippen LogP) is 7.21. The van der Waals surface area contributed by atoms with Gasteiger partial charge in [0.15, 0.2) is 0 Å². The van der Waals surface area contributed by atoms with Gasteiger partial charge in [0, 0.05) is 47.3 Å². The predicted molar refractivity (Wildman–Crippen MR) is 144 cm³/mol. The van der Waals surface area contributed by atoms with Gasteiger partial charge in [0.1, 0.15) is 0 Å². The second-order valence-electron chi connectivity index (χ2n) is 9.09. The number of amides is 1. The summed E-state index contributed by atoms with van der Waals surface area (Å²) >= 11 is 3.51. The summed E-state index contributed by atoms with van der Waals surface area (Å²) in [6, 6.07) is 21.1. The minimum absolute atomic E-state index is 0.111. The van der Waals surface area contributed by atoms with Crippen LogP contribution in [0.5, 0.6) is 0 Å². The van der Waals surface area contributed by atoms with Crippen LogP contribution in [0.4, 0.5) is 18.9 Å². The number of alkyl halides is 3. The van der Waals surface area contributed by atoms with Crippen molar-refractivity contribution < 1.29 is 18.0 Å². The van der Waals surface area contributed by atoms with Crippen molar-refractivity contribution in [2.75, 3.05) is 31.1 Å². The molecule has 1 aliphatic heterocycles. The molecule has 1 saturated heterocycles. The van der Waals surface area contributed by atoms with Gasteiger partial charge >= 0.3 is 6.18 Å². The van der Waals surface area contributed by atoms with Crippen LogP contribution >= 0.6 is 15.9 Å². The lowest BCUT2D eigenvalue weighted by Crippen LogP contribution is -2.48. The molecule has 1 fully saturated rings. The lowest BCUT2D eigenvalue weighted by Gasteiger charge is -2.36. The SMILES string of the molecule is CCc1ccc(-c2cc(C(=O)N3CCN(c4cccc(C(F)(F)F)c4)CC3)c3cc(Br)ccc3n2)cc1. The Morgan fingerprint density at radius 2 is 1.68 bits per heavy atom. The molecule has 1 aliphatic rings. The molecule has 0 radical (unpaired) electrons. The molecular formula is C29H25BrF3N3O. The molecule has 1 aromatic heterocycles. The van der Waals surface area contributed by atoms with Gasteiger partial charge in [-0.25, -0.2) is 4.98 Å². The molecule has 4 nitrogen and oxygen atoms in total. The summed E-state index contributed by atoms with van der Waals surface area (Å²) < 4.78 is 40.3. The summed E-state index contributed by atoms with van der Waals surface area (Å²) in [5, 5.41) is 0.758. The zero-order chi connectivity index (χ0) is 26.2. The van der Waals surface area contributed by atoms with Crippen molar-refractivity contribution in [1.29, 1.82) is 0 Å². The Hall–Kier alpha value is -3.39. The Bertz CT molecular complexity index is 1450. The molecule has 0 N–H and O–H groups in total. The van der Waals surface area contributed by atoms with Crippen molar-refractivity contribution >= 4 is 38.4 Å². The molecule has 0 saturated carbocycles. The zero-order valence-electron chi connectivity index (χ0n) is 20.2. The fourth-order valence-electron chi connectivity index (χ4n) is 4.65. The maximum atomic E-state index is 13.8. The number of rotatable bonds is 4. The molecule has 37 heavy (non-hydrogen) atoms. The first kappa shape index (κ1) is 25.3. The first-order valence-electron chi connectivity index (χ1n) is 12.1. The fourth-order valence-corrected chi connectivity index (χ4v) is 5.01. The summed E-state index contributed by atoms with van der Waals surface area (Å²) in [5.41, 5.74) is 4.02. The Morgan fingerprint density at radius 1 is 0.946 bits per heavy atom. The van der Waals surface area contributed by atoms with Crippen LogP contribution in [0.2, 0.25) is 0 Å². The van der Waals surface area contributed by atoms with Crippen LogP contribution in [0, 0.1) is 0 Å². The van der Waals surface area contributed by atoms with Crippen molar-refractivity contribution in [3.63, 3.8) is 0 Å². The largest absolute Gasteiger partial charge is 0.416 e. The van der Waals surface area contributed by atoms with Gasteiger partial charge in [-0.1, -0.05) is 53.2 Å². The van der Waals surface area contributed by atoms with E-state index in [1.54, 1.807) is 11.0 Å². The molecule has 0 bridgehead atoms. The number of aryl methyl sites for hydroxylation is 1. The van der Waals surface area contributed by atoms with Gasteiger partial charge in [0.2, 0.25) is 0 Å². The van der Waals surface area contributed by atoms with Gasteiger partial charge in [-0.2, -0.15) is 13.2 Å². The highest BCUT2D eigenvalue weighted by molar-refractivity contribution is 9.10. The van der Waals surface area contributed by atoms with Crippen molar-refractivity contribution in [3.05, 3.63) is 94.0 Å². The molecule has 2 heterocycles. The van der Waals surface area contributed by atoms with Gasteiger partial charge in [0.05, 0.1) is 22.3 Å². The Balaban J connectivity index is 1.42. The number of piperazine rings is 1. The number of pyridine rings is 1. The van der Waals surface area contributed by atoms with Gasteiger partial charge < -0.3 is 9.80 Å². The van der Waals surface area contributed by atoms with E-state index in [1.165, 1.54) is 17.7 Å². The van der Waals surface area contributed by atoms with Gasteiger partial charge in [-0.15, -0.1) is 0 Å². The zero-order valence-corrected chi connectivity index (χ0v) is 21.8. The third-order valence-corrected chi connectivity index (χ3v) is 7.26. The molecule has 4 aromatic rings. The number of carbonyl (C=O) groups excluding carboxylic acids is 1. The van der Waals surface area contributed by atoms with E-state index in [4.69, 9.17) is 4.98 Å². The number of fused-ring (bicyclic) bond motifs is 1. The highest BCUT2D eigenvalue weighted by atomic mass is 79.9. The number of aromatic nitrogens is 1. The molecule has 5 rings (SSSR count). The van der Waals surface area contributed by atoms with Crippen molar-refractivity contribution in [2.24, 2.45) is 0 Å². The number of anilines is 1. The maximum Gasteiger partial charge on any atom is 0.416 e. The molecule has 0 spiro atoms. The van der Waals surface area contributed by atoms with Crippen LogP contribution in [0.1, 0.15) is 28.4 Å². The van der Waals surface area contributed by atoms with Crippen LogP contribution in [-0.4, -0.2) is 42.0 Å². The van der Waals surface area contributed by atoms with E-state index in [9.17, 15) is 18.0 Å². The summed E-state index contributed by atoms with van der Waals surface area (Å²) in [7, 11) is 0. The van der Waals surface area contributed by atoms with Crippen molar-refractivity contribution in [1.82, 2.24) is 9.88 Å². The number of carbonyl (C=O) groups is 1. The van der Waals surface area contributed by atoms with Crippen LogP contribution in [0.25, 0.3) is 22.2 Å². The number of nitrogens with zero attached hydrogens (tertiary/aromatic N) is 3. The van der Waals surface area contributed by atoms with Crippen molar-refractivity contribution in [2.45, 2.75) is 19.5 Å². The molecule has 0 unspecified atom stereocenters. The van der Waals surface area contributed by atoms with Crippen LogP contribution in [-0.2, 0) is 12.6 Å². The van der Waals surface area contributed by atoms with Gasteiger partial charge in [-0.05, 0) is 54.4 Å². The van der Waals surface area contributed by atoms with Crippen LogP contribution in [0.15, 0.2) is 77.3 Å². The minimum atomic E-state index is -4.39. The second-order valence-corrected chi connectivity index (χ2v) is 10.0. The molecule has 1 amide bonds. The highest BCUT2D eigenvalue weighted by Crippen LogP contribution is 2.32. The monoisotopic (exact) mass is 567 g/mol. The third kappa shape index (κ3) is 5.34. The summed E-state index contributed by atoms with van der Waals surface area (Å²) in [4.78, 5) is 22.2. The van der Waals surface area contributed by atoms with Crippen LogP contribution < -0.4 is 4.90 Å². The summed E-state index contributed by atoms with van der Waals surface area (Å²) in [5.74, 6) is -0.111. The Kier molecular flexibility index (Phi) is 6.94. The number of halogens is 4. The van der Waals surface area contributed by atoms with E-state index in [0.717, 1.165) is 39.1 Å². The summed E-state index contributed by atoms with van der Waals surface area (Å²) in [6.45, 7) is 3.82. The number of hydrogen-bond donors (Lipinski definition) is 0. The van der Waals surface area contributed by atoms with E-state index >= 15 is 0 Å². The maximum absolute atomic E-state index is 13.8.